The average molecular weight is 401 g/mol. The van der Waals surface area contributed by atoms with E-state index in [2.05, 4.69) is 10.1 Å². The number of rotatable bonds is 7. The van der Waals surface area contributed by atoms with Crippen LogP contribution in [0.4, 0.5) is 23.2 Å². The molecule has 1 unspecified atom stereocenters. The van der Waals surface area contributed by atoms with Gasteiger partial charge in [-0.15, -0.1) is 13.2 Å². The Balaban J connectivity index is 1.95. The number of likely N-dealkylation sites (N-methyl/N-ethyl adjacent to an activating group) is 1. The number of amides is 1. The van der Waals surface area contributed by atoms with Crippen LogP contribution in [0.15, 0.2) is 42.5 Å². The Labute approximate surface area is 159 Å². The largest absolute Gasteiger partial charge is 0.573 e. The van der Waals surface area contributed by atoms with Crippen LogP contribution in [0.2, 0.25) is 0 Å². The Morgan fingerprint density at radius 1 is 1.18 bits per heavy atom. The van der Waals surface area contributed by atoms with Gasteiger partial charge in [-0.25, -0.2) is 4.39 Å². The van der Waals surface area contributed by atoms with Gasteiger partial charge in [0.1, 0.15) is 12.3 Å². The average Bonchev–Trinajstić information content (AvgIpc) is 2.61. The van der Waals surface area contributed by atoms with Gasteiger partial charge in [0, 0.05) is 11.3 Å². The highest BCUT2D eigenvalue weighted by molar-refractivity contribution is 5.93. The highest BCUT2D eigenvalue weighted by Gasteiger charge is 2.31. The molecule has 0 bridgehead atoms. The first kappa shape index (κ1) is 21.5. The zero-order valence-electron chi connectivity index (χ0n) is 15.6. The molecule has 0 saturated heterocycles. The van der Waals surface area contributed by atoms with Crippen LogP contribution < -0.4 is 19.7 Å². The van der Waals surface area contributed by atoms with E-state index in [9.17, 15) is 22.4 Å². The van der Waals surface area contributed by atoms with Gasteiger partial charge in [0.15, 0.2) is 17.6 Å². The van der Waals surface area contributed by atoms with Crippen molar-refractivity contribution in [3.8, 4) is 11.5 Å². The minimum absolute atomic E-state index is 0.144. The molecule has 2 N–H and O–H groups in total. The summed E-state index contributed by atoms with van der Waals surface area (Å²) in [5.74, 6) is -1.03. The summed E-state index contributed by atoms with van der Waals surface area (Å²) in [6, 6.07) is 8.97. The van der Waals surface area contributed by atoms with Crippen molar-refractivity contribution in [2.24, 2.45) is 0 Å². The molecule has 2 atom stereocenters. The van der Waals surface area contributed by atoms with E-state index in [0.717, 1.165) is 17.0 Å². The zero-order chi connectivity index (χ0) is 20.9. The predicted molar refractivity (Wildman–Crippen MR) is 94.8 cm³/mol. The number of alkyl halides is 3. The fourth-order valence-electron chi connectivity index (χ4n) is 2.51. The van der Waals surface area contributed by atoms with Crippen LogP contribution in [0, 0.1) is 5.82 Å². The molecule has 152 valence electrons. The van der Waals surface area contributed by atoms with Crippen LogP contribution in [-0.2, 0) is 11.3 Å². The number of nitrogens with one attached hydrogen (secondary N) is 2. The van der Waals surface area contributed by atoms with Gasteiger partial charge in [0.05, 0.1) is 14.2 Å². The second kappa shape index (κ2) is 8.92. The van der Waals surface area contributed by atoms with Crippen LogP contribution >= 0.6 is 0 Å². The van der Waals surface area contributed by atoms with E-state index in [1.807, 2.05) is 0 Å². The van der Waals surface area contributed by atoms with E-state index in [1.165, 1.54) is 31.4 Å². The highest BCUT2D eigenvalue weighted by atomic mass is 19.4. The van der Waals surface area contributed by atoms with Crippen molar-refractivity contribution in [1.29, 1.82) is 0 Å². The molecule has 0 fully saturated rings. The number of hydrogen-bond donors (Lipinski definition) is 2. The molecular weight excluding hydrogens is 380 g/mol. The summed E-state index contributed by atoms with van der Waals surface area (Å²) in [5.41, 5.74) is 1.04. The van der Waals surface area contributed by atoms with Gasteiger partial charge >= 0.3 is 6.36 Å². The second-order valence-corrected chi connectivity index (χ2v) is 6.28. The quantitative estimate of drug-likeness (QED) is 0.702. The Hall–Kier alpha value is -2.81. The number of carbonyl (C=O) groups is 1. The van der Waals surface area contributed by atoms with Crippen molar-refractivity contribution in [3.63, 3.8) is 0 Å². The molecule has 0 aromatic heterocycles. The minimum Gasteiger partial charge on any atom is -0.494 e. The van der Waals surface area contributed by atoms with Crippen molar-refractivity contribution in [2.75, 3.05) is 19.5 Å². The zero-order valence-corrected chi connectivity index (χ0v) is 15.6. The van der Waals surface area contributed by atoms with Gasteiger partial charge in [-0.3, -0.25) is 4.79 Å². The smallest absolute Gasteiger partial charge is 0.494 e. The fourth-order valence-corrected chi connectivity index (χ4v) is 2.51. The standard InChI is InChI=1S/C19H20F4N2O3/c1-12(25(2)11-13-4-9-17(27-3)16(20)10-13)18(26)24-14-5-7-15(8-6-14)28-19(21,22)23/h4-10,12H,11H2,1-3H3,(H,24,26)/p+1/t12-/m0/s1. The molecule has 0 aliphatic rings. The first-order chi connectivity index (χ1) is 13.1. The highest BCUT2D eigenvalue weighted by Crippen LogP contribution is 2.24. The van der Waals surface area contributed by atoms with Gasteiger partial charge in [0.25, 0.3) is 5.91 Å². The minimum atomic E-state index is -4.77. The molecule has 0 saturated carbocycles. The maximum atomic E-state index is 13.8. The molecule has 0 aliphatic carbocycles. The summed E-state index contributed by atoms with van der Waals surface area (Å²) < 4.78 is 59.0. The summed E-state index contributed by atoms with van der Waals surface area (Å²) in [5, 5.41) is 2.64. The molecule has 0 spiro atoms. The van der Waals surface area contributed by atoms with Crippen LogP contribution in [-0.4, -0.2) is 32.5 Å². The van der Waals surface area contributed by atoms with Crippen molar-refractivity contribution in [2.45, 2.75) is 25.9 Å². The molecule has 2 rings (SSSR count). The lowest BCUT2D eigenvalue weighted by atomic mass is 10.1. The number of benzene rings is 2. The predicted octanol–water partition coefficient (Wildman–Crippen LogP) is 2.77. The summed E-state index contributed by atoms with van der Waals surface area (Å²) >= 11 is 0. The number of carbonyl (C=O) groups excluding carboxylic acids is 1. The molecule has 28 heavy (non-hydrogen) atoms. The third kappa shape index (κ3) is 6.12. The summed E-state index contributed by atoms with van der Waals surface area (Å²) in [6.45, 7) is 2.10. The molecule has 5 nitrogen and oxygen atoms in total. The maximum Gasteiger partial charge on any atom is 0.573 e. The third-order valence-corrected chi connectivity index (χ3v) is 4.19. The Morgan fingerprint density at radius 2 is 1.82 bits per heavy atom. The van der Waals surface area contributed by atoms with Crippen LogP contribution in [0.25, 0.3) is 0 Å². The van der Waals surface area contributed by atoms with E-state index < -0.39 is 18.2 Å². The van der Waals surface area contributed by atoms with E-state index in [1.54, 1.807) is 20.0 Å². The molecule has 0 heterocycles. The van der Waals surface area contributed by atoms with Crippen molar-refractivity contribution in [1.82, 2.24) is 0 Å². The van der Waals surface area contributed by atoms with Gasteiger partial charge in [0.2, 0.25) is 0 Å². The first-order valence-electron chi connectivity index (χ1n) is 8.40. The summed E-state index contributed by atoms with van der Waals surface area (Å²) in [4.78, 5) is 13.2. The normalized spacial score (nSPS) is 13.5. The molecule has 2 aromatic rings. The number of methoxy groups -OCH3 is 1. The summed E-state index contributed by atoms with van der Waals surface area (Å²) in [6.07, 6.45) is -4.77. The van der Waals surface area contributed by atoms with E-state index in [0.29, 0.717) is 17.8 Å². The van der Waals surface area contributed by atoms with E-state index in [-0.39, 0.29) is 17.4 Å². The number of quaternary nitrogens is 1. The number of anilines is 1. The van der Waals surface area contributed by atoms with Crippen LogP contribution in [0.3, 0.4) is 0 Å². The number of hydrogen-bond acceptors (Lipinski definition) is 3. The molecule has 2 aromatic carbocycles. The van der Waals surface area contributed by atoms with Gasteiger partial charge in [-0.2, -0.15) is 0 Å². The van der Waals surface area contributed by atoms with E-state index >= 15 is 0 Å². The lowest BCUT2D eigenvalue weighted by Crippen LogP contribution is -3.12. The summed E-state index contributed by atoms with van der Waals surface area (Å²) in [7, 11) is 3.16. The molecule has 0 aliphatic heterocycles. The monoisotopic (exact) mass is 401 g/mol. The van der Waals surface area contributed by atoms with Gasteiger partial charge in [-0.05, 0) is 49.4 Å². The van der Waals surface area contributed by atoms with Crippen LogP contribution in [0.5, 0.6) is 11.5 Å². The SMILES string of the molecule is COc1ccc(C[NH+](C)[C@@H](C)C(=O)Nc2ccc(OC(F)(F)F)cc2)cc1F. The maximum absolute atomic E-state index is 13.8. The molecule has 1 amide bonds. The van der Waals surface area contributed by atoms with Crippen LogP contribution in [0.1, 0.15) is 12.5 Å². The Bertz CT molecular complexity index is 810. The molecule has 0 radical (unpaired) electrons. The third-order valence-electron chi connectivity index (χ3n) is 4.19. The Morgan fingerprint density at radius 3 is 2.36 bits per heavy atom. The van der Waals surface area contributed by atoms with E-state index in [4.69, 9.17) is 4.74 Å². The lowest BCUT2D eigenvalue weighted by molar-refractivity contribution is -0.907. The van der Waals surface area contributed by atoms with Crippen molar-refractivity contribution < 1.29 is 36.7 Å². The first-order valence-corrected chi connectivity index (χ1v) is 8.40. The van der Waals surface area contributed by atoms with Crippen molar-refractivity contribution in [3.05, 3.63) is 53.8 Å². The second-order valence-electron chi connectivity index (χ2n) is 6.28. The topological polar surface area (TPSA) is 52.0 Å². The lowest BCUT2D eigenvalue weighted by Gasteiger charge is -2.21. The van der Waals surface area contributed by atoms with Gasteiger partial charge in [-0.1, -0.05) is 0 Å². The number of ether oxygens (including phenoxy) is 2. The van der Waals surface area contributed by atoms with Crippen molar-refractivity contribution >= 4 is 11.6 Å². The Kier molecular flexibility index (Phi) is 6.85. The number of halogens is 4. The fraction of sp³-hybridized carbons (Fsp3) is 0.316. The van der Waals surface area contributed by atoms with Gasteiger partial charge < -0.3 is 19.7 Å². The molecule has 9 heteroatoms. The molecular formula is C19H21F4N2O3+.